The van der Waals surface area contributed by atoms with Gasteiger partial charge >= 0.3 is 0 Å². The number of benzene rings is 2. The maximum Gasteiger partial charge on any atom is 0.155 e. The van der Waals surface area contributed by atoms with Gasteiger partial charge < -0.3 is 10.1 Å². The van der Waals surface area contributed by atoms with Gasteiger partial charge in [-0.05, 0) is 36.4 Å². The molecular weight excluding hydrogens is 575 g/mol. The molecule has 3 nitrogen and oxygen atoms in total. The minimum Gasteiger partial charge on any atom is -0.512 e. The van der Waals surface area contributed by atoms with Crippen molar-refractivity contribution < 1.29 is 30.0 Å². The third kappa shape index (κ3) is 9.89. The third-order valence-electron chi connectivity index (χ3n) is 5.04. The van der Waals surface area contributed by atoms with E-state index in [1.165, 1.54) is 74.8 Å². The van der Waals surface area contributed by atoms with E-state index in [1.54, 1.807) is 0 Å². The van der Waals surface area contributed by atoms with Crippen molar-refractivity contribution in [3.8, 4) is 11.3 Å². The number of aryl methyl sites for hydroxylation is 1. The van der Waals surface area contributed by atoms with Crippen molar-refractivity contribution >= 4 is 16.6 Å². The smallest absolute Gasteiger partial charge is 0.155 e. The van der Waals surface area contributed by atoms with Crippen LogP contribution in [-0.2, 0) is 31.3 Å². The number of aliphatic hydroxyl groups excluding tert-OH is 1. The molecule has 0 bridgehead atoms. The van der Waals surface area contributed by atoms with Gasteiger partial charge in [0.1, 0.15) is 0 Å². The summed E-state index contributed by atoms with van der Waals surface area (Å²) in [6, 6.07) is 20.5. The Hall–Kier alpha value is -2.29. The number of hydrogen-bond donors (Lipinski definition) is 1. The Morgan fingerprint density at radius 1 is 1.00 bits per heavy atom. The zero-order chi connectivity index (χ0) is 22.5. The molecule has 32 heavy (non-hydrogen) atoms. The molecule has 0 amide bonds. The minimum absolute atomic E-state index is 0. The van der Waals surface area contributed by atoms with Gasteiger partial charge in [-0.15, -0.1) is 35.4 Å². The van der Waals surface area contributed by atoms with E-state index in [2.05, 4.69) is 66.5 Å². The standard InChI is InChI=1S/C23H26N.C5H8O2.Ir/c1-2-3-4-5-6-7-10-19-13-15-21(16-14-19)23-22-12-9-8-11-20(22)17-18-24-23;1-4(6)3-5(2)7;/h8-9,11-15,17-18H,2-7,10H2,1H3;3,6H,1-2H3;/q-1;;/b;4-3-;. The fourth-order valence-electron chi connectivity index (χ4n) is 3.50. The van der Waals surface area contributed by atoms with E-state index in [9.17, 15) is 4.79 Å². The molecule has 0 saturated heterocycles. The Balaban J connectivity index is 0.000000558. The van der Waals surface area contributed by atoms with Gasteiger partial charge in [-0.25, -0.2) is 0 Å². The Morgan fingerprint density at radius 3 is 2.34 bits per heavy atom. The van der Waals surface area contributed by atoms with Crippen molar-refractivity contribution in [3.05, 3.63) is 78.2 Å². The van der Waals surface area contributed by atoms with Crippen molar-refractivity contribution in [2.75, 3.05) is 0 Å². The normalized spacial score (nSPS) is 10.8. The fraction of sp³-hybridized carbons (Fsp3) is 0.357. The first kappa shape index (κ1) is 27.7. The van der Waals surface area contributed by atoms with Crippen LogP contribution in [0.25, 0.3) is 22.0 Å². The average Bonchev–Trinajstić information content (AvgIpc) is 2.76. The predicted molar refractivity (Wildman–Crippen MR) is 130 cm³/mol. The van der Waals surface area contributed by atoms with E-state index in [4.69, 9.17) is 5.11 Å². The summed E-state index contributed by atoms with van der Waals surface area (Å²) in [4.78, 5) is 14.6. The van der Waals surface area contributed by atoms with Crippen molar-refractivity contribution in [1.82, 2.24) is 4.98 Å². The molecule has 3 rings (SSSR count). The van der Waals surface area contributed by atoms with Crippen molar-refractivity contribution in [3.63, 3.8) is 0 Å². The quantitative estimate of drug-likeness (QED) is 0.118. The SMILES string of the molecule is CC(=O)/C=C(/C)O.CCCCCCCCc1c[c-]c(-c2nccc3ccccc23)cc1.[Ir]. The summed E-state index contributed by atoms with van der Waals surface area (Å²) in [5.41, 5.74) is 3.49. The van der Waals surface area contributed by atoms with Crippen LogP contribution in [0, 0.1) is 6.07 Å². The van der Waals surface area contributed by atoms with E-state index in [0.29, 0.717) is 0 Å². The number of pyridine rings is 1. The molecule has 173 valence electrons. The molecule has 1 heterocycles. The number of ketones is 1. The number of allylic oxidation sites excluding steroid dienone is 2. The maximum atomic E-state index is 10.0. The first-order valence-electron chi connectivity index (χ1n) is 11.2. The second-order valence-corrected chi connectivity index (χ2v) is 7.91. The van der Waals surface area contributed by atoms with Gasteiger partial charge in [-0.2, -0.15) is 0 Å². The predicted octanol–water partition coefficient (Wildman–Crippen LogP) is 7.64. The van der Waals surface area contributed by atoms with Crippen LogP contribution in [0.2, 0.25) is 0 Å². The van der Waals surface area contributed by atoms with Gasteiger partial charge in [0.05, 0.1) is 5.76 Å². The first-order chi connectivity index (χ1) is 15.0. The number of nitrogens with zero attached hydrogens (tertiary/aromatic N) is 1. The van der Waals surface area contributed by atoms with Crippen molar-refractivity contribution in [2.24, 2.45) is 0 Å². The second-order valence-electron chi connectivity index (χ2n) is 7.91. The van der Waals surface area contributed by atoms with Crippen LogP contribution >= 0.6 is 0 Å². The van der Waals surface area contributed by atoms with Crippen LogP contribution in [0.3, 0.4) is 0 Å². The molecular formula is C28H34IrNO2-. The van der Waals surface area contributed by atoms with Crippen LogP contribution in [-0.4, -0.2) is 15.9 Å². The molecule has 0 unspecified atom stereocenters. The largest absolute Gasteiger partial charge is 0.512 e. The monoisotopic (exact) mass is 609 g/mol. The van der Waals surface area contributed by atoms with Gasteiger partial charge in [0.25, 0.3) is 0 Å². The zero-order valence-electron chi connectivity index (χ0n) is 19.4. The van der Waals surface area contributed by atoms with Crippen LogP contribution in [0.15, 0.2) is 66.6 Å². The molecule has 0 aliphatic heterocycles. The van der Waals surface area contributed by atoms with Gasteiger partial charge in [-0.1, -0.05) is 76.1 Å². The Labute approximate surface area is 206 Å². The van der Waals surface area contributed by atoms with Crippen LogP contribution < -0.4 is 0 Å². The number of aliphatic hydroxyl groups is 1. The topological polar surface area (TPSA) is 50.2 Å². The van der Waals surface area contributed by atoms with Crippen LogP contribution in [0.1, 0.15) is 64.9 Å². The molecule has 1 radical (unpaired) electrons. The van der Waals surface area contributed by atoms with E-state index in [1.807, 2.05) is 6.20 Å². The van der Waals surface area contributed by atoms with Crippen LogP contribution in [0.5, 0.6) is 0 Å². The number of carbonyl (C=O) groups excluding carboxylic acids is 1. The maximum absolute atomic E-state index is 10.0. The Kier molecular flexibility index (Phi) is 13.4. The molecule has 4 heteroatoms. The molecule has 0 atom stereocenters. The molecule has 1 N–H and O–H groups in total. The van der Waals surface area contributed by atoms with Crippen molar-refractivity contribution in [2.45, 2.75) is 65.7 Å². The summed E-state index contributed by atoms with van der Waals surface area (Å²) < 4.78 is 0. The van der Waals surface area contributed by atoms with E-state index in [0.717, 1.165) is 17.7 Å². The van der Waals surface area contributed by atoms with Crippen LogP contribution in [0.4, 0.5) is 0 Å². The summed E-state index contributed by atoms with van der Waals surface area (Å²) in [5.74, 6) is -0.0625. The molecule has 2 aromatic carbocycles. The third-order valence-corrected chi connectivity index (χ3v) is 5.04. The summed E-state index contributed by atoms with van der Waals surface area (Å²) in [6.07, 6.45) is 12.3. The zero-order valence-corrected chi connectivity index (χ0v) is 21.8. The number of carbonyl (C=O) groups is 1. The first-order valence-corrected chi connectivity index (χ1v) is 11.2. The number of aromatic nitrogens is 1. The Morgan fingerprint density at radius 2 is 1.72 bits per heavy atom. The summed E-state index contributed by atoms with van der Waals surface area (Å²) >= 11 is 0. The molecule has 3 aromatic rings. The molecule has 0 saturated carbocycles. The molecule has 1 aromatic heterocycles. The minimum atomic E-state index is -0.125. The van der Waals surface area contributed by atoms with Gasteiger partial charge in [0.2, 0.25) is 0 Å². The fourth-order valence-corrected chi connectivity index (χ4v) is 3.50. The molecule has 0 aliphatic rings. The number of unbranched alkanes of at least 4 members (excludes halogenated alkanes) is 5. The van der Waals surface area contributed by atoms with Gasteiger partial charge in [0.15, 0.2) is 5.78 Å². The number of fused-ring (bicyclic) bond motifs is 1. The second kappa shape index (κ2) is 15.5. The summed E-state index contributed by atoms with van der Waals surface area (Å²) in [6.45, 7) is 5.11. The molecule has 0 spiro atoms. The molecule has 0 aliphatic carbocycles. The van der Waals surface area contributed by atoms with Gasteiger partial charge in [0, 0.05) is 32.4 Å². The van der Waals surface area contributed by atoms with E-state index >= 15 is 0 Å². The van der Waals surface area contributed by atoms with E-state index < -0.39 is 0 Å². The van der Waals surface area contributed by atoms with Crippen molar-refractivity contribution in [1.29, 1.82) is 0 Å². The van der Waals surface area contributed by atoms with E-state index in [-0.39, 0.29) is 31.6 Å². The molecule has 0 fully saturated rings. The Bertz CT molecular complexity index is 971. The average molecular weight is 609 g/mol. The van der Waals surface area contributed by atoms with Gasteiger partial charge in [-0.3, -0.25) is 4.79 Å². The number of rotatable bonds is 9. The number of hydrogen-bond acceptors (Lipinski definition) is 3. The summed E-state index contributed by atoms with van der Waals surface area (Å²) in [7, 11) is 0. The summed E-state index contributed by atoms with van der Waals surface area (Å²) in [5, 5.41) is 10.8.